The molecule has 1 atom stereocenters. The summed E-state index contributed by atoms with van der Waals surface area (Å²) in [4.78, 5) is 19.7. The summed E-state index contributed by atoms with van der Waals surface area (Å²) >= 11 is 0. The molecule has 31 heavy (non-hydrogen) atoms. The van der Waals surface area contributed by atoms with Crippen molar-refractivity contribution in [3.05, 3.63) is 59.7 Å². The fraction of sp³-hybridized carbons (Fsp3) is 0.480. The maximum Gasteiger partial charge on any atom is 0.252 e. The van der Waals surface area contributed by atoms with Crippen molar-refractivity contribution < 1.29 is 14.3 Å². The van der Waals surface area contributed by atoms with E-state index in [1.807, 2.05) is 4.90 Å². The van der Waals surface area contributed by atoms with Crippen molar-refractivity contribution in [1.29, 1.82) is 0 Å². The van der Waals surface area contributed by atoms with Crippen LogP contribution in [0.5, 0.6) is 5.75 Å². The van der Waals surface area contributed by atoms with Gasteiger partial charge in [-0.25, -0.2) is 0 Å². The molecular weight excluding hydrogens is 390 g/mol. The average molecular weight is 422 g/mol. The maximum absolute atomic E-state index is 12.8. The first-order valence-electron chi connectivity index (χ1n) is 11.4. The normalized spacial score (nSPS) is 22.0. The van der Waals surface area contributed by atoms with Crippen molar-refractivity contribution in [2.45, 2.75) is 32.0 Å². The Hall–Kier alpha value is -2.57. The lowest BCUT2D eigenvalue weighted by Crippen LogP contribution is -2.45. The van der Waals surface area contributed by atoms with Crippen molar-refractivity contribution in [2.75, 3.05) is 50.8 Å². The zero-order chi connectivity index (χ0) is 21.0. The topological polar surface area (TPSA) is 45.2 Å². The van der Waals surface area contributed by atoms with Gasteiger partial charge in [0.05, 0.1) is 6.54 Å². The second kappa shape index (κ2) is 9.28. The molecule has 2 saturated heterocycles. The number of carbonyl (C=O) groups is 1. The van der Waals surface area contributed by atoms with E-state index in [4.69, 9.17) is 9.47 Å². The number of rotatable bonds is 4. The first kappa shape index (κ1) is 20.3. The SMILES string of the molecule is O=C([C@@H]1CCCO1)N1CCOc2ccc(CN3CCN(c4ccccc4)CC3)cc2C1. The molecule has 0 bridgehead atoms. The van der Waals surface area contributed by atoms with Gasteiger partial charge < -0.3 is 19.3 Å². The highest BCUT2D eigenvalue weighted by Crippen LogP contribution is 2.27. The van der Waals surface area contributed by atoms with Crippen molar-refractivity contribution in [3.8, 4) is 5.75 Å². The number of hydrogen-bond acceptors (Lipinski definition) is 5. The summed E-state index contributed by atoms with van der Waals surface area (Å²) in [5, 5.41) is 0. The van der Waals surface area contributed by atoms with Gasteiger partial charge in [-0.15, -0.1) is 0 Å². The van der Waals surface area contributed by atoms with Crippen LogP contribution in [-0.2, 0) is 22.6 Å². The summed E-state index contributed by atoms with van der Waals surface area (Å²) in [7, 11) is 0. The van der Waals surface area contributed by atoms with E-state index >= 15 is 0 Å². The zero-order valence-electron chi connectivity index (χ0n) is 18.0. The van der Waals surface area contributed by atoms with E-state index in [1.165, 1.54) is 11.3 Å². The Balaban J connectivity index is 1.21. The summed E-state index contributed by atoms with van der Waals surface area (Å²) in [6.07, 6.45) is 1.53. The van der Waals surface area contributed by atoms with E-state index in [2.05, 4.69) is 58.3 Å². The van der Waals surface area contributed by atoms with Gasteiger partial charge in [0, 0.05) is 57.1 Å². The summed E-state index contributed by atoms with van der Waals surface area (Å²) in [6.45, 7) is 7.55. The quantitative estimate of drug-likeness (QED) is 0.760. The zero-order valence-corrected chi connectivity index (χ0v) is 18.0. The molecule has 2 aromatic rings. The molecule has 5 rings (SSSR count). The van der Waals surface area contributed by atoms with Crippen LogP contribution in [0.2, 0.25) is 0 Å². The van der Waals surface area contributed by atoms with Crippen molar-refractivity contribution in [1.82, 2.24) is 9.80 Å². The van der Waals surface area contributed by atoms with Crippen LogP contribution in [0.1, 0.15) is 24.0 Å². The minimum Gasteiger partial charge on any atom is -0.491 e. The van der Waals surface area contributed by atoms with Crippen LogP contribution >= 0.6 is 0 Å². The Morgan fingerprint density at radius 3 is 2.58 bits per heavy atom. The largest absolute Gasteiger partial charge is 0.491 e. The molecule has 0 aliphatic carbocycles. The summed E-state index contributed by atoms with van der Waals surface area (Å²) < 4.78 is 11.6. The molecule has 0 radical (unpaired) electrons. The van der Waals surface area contributed by atoms with Gasteiger partial charge >= 0.3 is 0 Å². The number of anilines is 1. The Morgan fingerprint density at radius 1 is 0.968 bits per heavy atom. The molecule has 0 N–H and O–H groups in total. The average Bonchev–Trinajstić information content (AvgIpc) is 3.27. The highest BCUT2D eigenvalue weighted by molar-refractivity contribution is 5.81. The number of benzene rings is 2. The smallest absolute Gasteiger partial charge is 0.252 e. The van der Waals surface area contributed by atoms with E-state index in [9.17, 15) is 4.79 Å². The highest BCUT2D eigenvalue weighted by atomic mass is 16.5. The lowest BCUT2D eigenvalue weighted by molar-refractivity contribution is -0.141. The molecule has 0 unspecified atom stereocenters. The van der Waals surface area contributed by atoms with Crippen LogP contribution in [0.3, 0.4) is 0 Å². The predicted molar refractivity (Wildman–Crippen MR) is 120 cm³/mol. The van der Waals surface area contributed by atoms with Gasteiger partial charge in [-0.2, -0.15) is 0 Å². The van der Waals surface area contributed by atoms with E-state index in [-0.39, 0.29) is 12.0 Å². The molecule has 6 heteroatoms. The molecule has 0 spiro atoms. The molecule has 164 valence electrons. The number of hydrogen-bond donors (Lipinski definition) is 0. The second-order valence-corrected chi connectivity index (χ2v) is 8.65. The van der Waals surface area contributed by atoms with Crippen LogP contribution in [0, 0.1) is 0 Å². The van der Waals surface area contributed by atoms with Gasteiger partial charge in [0.1, 0.15) is 18.5 Å². The fourth-order valence-electron chi connectivity index (χ4n) is 4.77. The van der Waals surface area contributed by atoms with Crippen molar-refractivity contribution in [3.63, 3.8) is 0 Å². The van der Waals surface area contributed by atoms with Gasteiger partial charge in [0.15, 0.2) is 0 Å². The van der Waals surface area contributed by atoms with Crippen LogP contribution < -0.4 is 9.64 Å². The fourth-order valence-corrected chi connectivity index (χ4v) is 4.77. The van der Waals surface area contributed by atoms with Gasteiger partial charge in [0.25, 0.3) is 5.91 Å². The minimum atomic E-state index is -0.273. The first-order valence-corrected chi connectivity index (χ1v) is 11.4. The molecule has 0 saturated carbocycles. The molecular formula is C25H31N3O3. The maximum atomic E-state index is 12.8. The summed E-state index contributed by atoms with van der Waals surface area (Å²) in [5.41, 5.74) is 3.69. The monoisotopic (exact) mass is 421 g/mol. The van der Waals surface area contributed by atoms with Gasteiger partial charge in [0.2, 0.25) is 0 Å². The summed E-state index contributed by atoms with van der Waals surface area (Å²) in [5.74, 6) is 1.01. The molecule has 6 nitrogen and oxygen atoms in total. The van der Waals surface area contributed by atoms with E-state index < -0.39 is 0 Å². The Kier molecular flexibility index (Phi) is 6.09. The number of nitrogens with zero attached hydrogens (tertiary/aromatic N) is 3. The van der Waals surface area contributed by atoms with E-state index in [0.717, 1.165) is 56.9 Å². The standard InChI is InChI=1S/C25H31N3O3/c29-25(24-7-4-15-30-24)28-14-16-31-23-9-8-20(17-21(23)19-28)18-26-10-12-27(13-11-26)22-5-2-1-3-6-22/h1-3,5-6,8-9,17,24H,4,7,10-16,18-19H2/t24-/m0/s1. The Labute approximate surface area is 184 Å². The molecule has 3 aliphatic heterocycles. The number of ether oxygens (including phenoxy) is 2. The third-order valence-electron chi connectivity index (χ3n) is 6.52. The number of para-hydroxylation sites is 1. The molecule has 1 amide bonds. The lowest BCUT2D eigenvalue weighted by Gasteiger charge is -2.36. The van der Waals surface area contributed by atoms with Crippen LogP contribution in [0.15, 0.2) is 48.5 Å². The third-order valence-corrected chi connectivity index (χ3v) is 6.52. The third kappa shape index (κ3) is 4.70. The highest BCUT2D eigenvalue weighted by Gasteiger charge is 2.30. The molecule has 2 fully saturated rings. The molecule has 0 aromatic heterocycles. The predicted octanol–water partition coefficient (Wildman–Crippen LogP) is 2.91. The molecule has 3 aliphatic rings. The van der Waals surface area contributed by atoms with Crippen molar-refractivity contribution in [2.24, 2.45) is 0 Å². The van der Waals surface area contributed by atoms with Crippen LogP contribution in [0.4, 0.5) is 5.69 Å². The van der Waals surface area contributed by atoms with E-state index in [1.54, 1.807) is 0 Å². The molecule has 2 aromatic carbocycles. The number of fused-ring (bicyclic) bond motifs is 1. The lowest BCUT2D eigenvalue weighted by atomic mass is 10.1. The molecule has 3 heterocycles. The Bertz CT molecular complexity index is 890. The first-order chi connectivity index (χ1) is 15.3. The van der Waals surface area contributed by atoms with Crippen LogP contribution in [0.25, 0.3) is 0 Å². The van der Waals surface area contributed by atoms with Gasteiger partial charge in [-0.1, -0.05) is 24.3 Å². The number of amides is 1. The minimum absolute atomic E-state index is 0.108. The van der Waals surface area contributed by atoms with Gasteiger partial charge in [-0.3, -0.25) is 9.69 Å². The second-order valence-electron chi connectivity index (χ2n) is 8.65. The number of piperazine rings is 1. The van der Waals surface area contributed by atoms with E-state index in [0.29, 0.717) is 26.3 Å². The summed E-state index contributed by atoms with van der Waals surface area (Å²) in [6, 6.07) is 17.1. The van der Waals surface area contributed by atoms with Gasteiger partial charge in [-0.05, 0) is 42.7 Å². The number of carbonyl (C=O) groups excluding carboxylic acids is 1. The van der Waals surface area contributed by atoms with Crippen molar-refractivity contribution >= 4 is 11.6 Å². The van der Waals surface area contributed by atoms with Crippen LogP contribution in [-0.4, -0.2) is 67.7 Å². The Morgan fingerprint density at radius 2 is 1.81 bits per heavy atom.